The summed E-state index contributed by atoms with van der Waals surface area (Å²) in [4.78, 5) is 10.8. The second kappa shape index (κ2) is 11.1. The average Bonchev–Trinajstić information content (AvgIpc) is 2.67. The Balaban J connectivity index is 0.000000278. The maximum atomic E-state index is 10.8. The Morgan fingerprint density at radius 2 is 1.72 bits per heavy atom. The summed E-state index contributed by atoms with van der Waals surface area (Å²) in [6.07, 6.45) is -0.471. The van der Waals surface area contributed by atoms with Crippen molar-refractivity contribution in [2.24, 2.45) is 5.73 Å². The maximum absolute atomic E-state index is 10.8. The van der Waals surface area contributed by atoms with Crippen molar-refractivity contribution in [1.29, 1.82) is 0 Å². The minimum atomic E-state index is -0.880. The van der Waals surface area contributed by atoms with Gasteiger partial charge in [0, 0.05) is 12.5 Å². The molecule has 0 bridgehead atoms. The van der Waals surface area contributed by atoms with Crippen molar-refractivity contribution in [2.75, 3.05) is 0 Å². The van der Waals surface area contributed by atoms with Crippen LogP contribution in [0, 0.1) is 0 Å². The summed E-state index contributed by atoms with van der Waals surface area (Å²) in [6.45, 7) is 5.94. The molecule has 1 heterocycles. The second-order valence-electron chi connectivity index (χ2n) is 7.52. The number of nitrogens with two attached hydrogens (primary N) is 1. The Morgan fingerprint density at radius 1 is 1.14 bits per heavy atom. The molecule has 0 saturated carbocycles. The second-order valence-corrected chi connectivity index (χ2v) is 7.52. The molecule has 0 spiro atoms. The van der Waals surface area contributed by atoms with E-state index in [1.807, 2.05) is 67.6 Å². The van der Waals surface area contributed by atoms with Gasteiger partial charge in [0.05, 0.1) is 19.1 Å². The third-order valence-corrected chi connectivity index (χ3v) is 4.33. The number of hydrogen-bond acceptors (Lipinski definition) is 5. The summed E-state index contributed by atoms with van der Waals surface area (Å²) >= 11 is 0. The number of rotatable bonds is 6. The van der Waals surface area contributed by atoms with Gasteiger partial charge in [-0.05, 0) is 31.9 Å². The molecule has 0 aliphatic carbocycles. The van der Waals surface area contributed by atoms with Crippen LogP contribution < -0.4 is 5.73 Å². The van der Waals surface area contributed by atoms with Crippen molar-refractivity contribution in [2.45, 2.75) is 64.4 Å². The van der Waals surface area contributed by atoms with E-state index in [0.29, 0.717) is 13.0 Å². The monoisotopic (exact) mass is 401 g/mol. The number of hydrogen-bond donors (Lipinski definition) is 2. The zero-order chi connectivity index (χ0) is 21.3. The minimum absolute atomic E-state index is 0.0437. The molecular formula is C23H31NO5. The fourth-order valence-electron chi connectivity index (χ4n) is 3.00. The van der Waals surface area contributed by atoms with E-state index >= 15 is 0 Å². The zero-order valence-corrected chi connectivity index (χ0v) is 17.3. The van der Waals surface area contributed by atoms with Crippen molar-refractivity contribution in [3.63, 3.8) is 0 Å². The van der Waals surface area contributed by atoms with Crippen LogP contribution in [0.1, 0.15) is 50.8 Å². The fraction of sp³-hybridized carbons (Fsp3) is 0.435. The highest BCUT2D eigenvalue weighted by molar-refractivity contribution is 5.67. The Morgan fingerprint density at radius 3 is 2.24 bits per heavy atom. The molecule has 1 aliphatic rings. The van der Waals surface area contributed by atoms with E-state index in [1.165, 1.54) is 5.56 Å². The molecule has 3 rings (SSSR count). The molecule has 1 aliphatic heterocycles. The number of carbonyl (C=O) groups is 1. The van der Waals surface area contributed by atoms with Crippen molar-refractivity contribution in [3.8, 4) is 0 Å². The number of carboxylic acids is 1. The zero-order valence-electron chi connectivity index (χ0n) is 17.3. The lowest BCUT2D eigenvalue weighted by molar-refractivity contribution is -0.352. The molecule has 1 saturated heterocycles. The first-order valence-electron chi connectivity index (χ1n) is 9.78. The van der Waals surface area contributed by atoms with E-state index in [4.69, 9.17) is 25.1 Å². The molecule has 6 heteroatoms. The summed E-state index contributed by atoms with van der Waals surface area (Å²) in [5.74, 6) is -1.71. The normalized spacial score (nSPS) is 21.5. The largest absolute Gasteiger partial charge is 0.481 e. The molecule has 0 amide bonds. The van der Waals surface area contributed by atoms with Crippen LogP contribution in [0.5, 0.6) is 0 Å². The lowest BCUT2D eigenvalue weighted by Crippen LogP contribution is -2.46. The van der Waals surface area contributed by atoms with Gasteiger partial charge in [-0.1, -0.05) is 60.7 Å². The first-order valence-corrected chi connectivity index (χ1v) is 9.78. The summed E-state index contributed by atoms with van der Waals surface area (Å²) < 4.78 is 17.0. The average molecular weight is 402 g/mol. The van der Waals surface area contributed by atoms with E-state index < -0.39 is 24.2 Å². The molecule has 2 aromatic carbocycles. The highest BCUT2D eigenvalue weighted by Gasteiger charge is 2.36. The van der Waals surface area contributed by atoms with E-state index in [1.54, 1.807) is 13.8 Å². The number of aliphatic carboxylic acids is 1. The molecule has 0 radical (unpaired) electrons. The lowest BCUT2D eigenvalue weighted by atomic mass is 10.1. The summed E-state index contributed by atoms with van der Waals surface area (Å²) in [7, 11) is 0. The predicted octanol–water partition coefficient (Wildman–Crippen LogP) is 4.25. The van der Waals surface area contributed by atoms with E-state index in [9.17, 15) is 4.79 Å². The third-order valence-electron chi connectivity index (χ3n) is 4.33. The van der Waals surface area contributed by atoms with Crippen molar-refractivity contribution >= 4 is 5.97 Å². The van der Waals surface area contributed by atoms with Crippen LogP contribution in [0.15, 0.2) is 60.7 Å². The van der Waals surface area contributed by atoms with Crippen LogP contribution in [0.4, 0.5) is 0 Å². The summed E-state index contributed by atoms with van der Waals surface area (Å²) in [5.41, 5.74) is 7.86. The molecule has 2 aromatic rings. The standard InChI is InChI=1S/C15H20O5.C8H11N/c1-15(2)19-12(8-13(16)17)9-14(20-15)18-10-11-6-4-3-5-7-11;1-7(9)8-5-3-2-4-6-8/h3-7,12,14H,8-10H2,1-2H3,(H,16,17);2-7H,9H2,1H3/t12-,14-;7-/m10/s1. The van der Waals surface area contributed by atoms with Crippen LogP contribution in [-0.2, 0) is 25.6 Å². The van der Waals surface area contributed by atoms with Crippen LogP contribution in [0.3, 0.4) is 0 Å². The minimum Gasteiger partial charge on any atom is -0.481 e. The van der Waals surface area contributed by atoms with Crippen LogP contribution in [0.2, 0.25) is 0 Å². The van der Waals surface area contributed by atoms with Crippen LogP contribution in [0.25, 0.3) is 0 Å². The van der Waals surface area contributed by atoms with Gasteiger partial charge in [0.1, 0.15) is 0 Å². The van der Waals surface area contributed by atoms with Crippen molar-refractivity contribution in [3.05, 3.63) is 71.8 Å². The van der Waals surface area contributed by atoms with E-state index in [0.717, 1.165) is 5.56 Å². The highest BCUT2D eigenvalue weighted by atomic mass is 16.8. The highest BCUT2D eigenvalue weighted by Crippen LogP contribution is 2.29. The van der Waals surface area contributed by atoms with Crippen molar-refractivity contribution < 1.29 is 24.1 Å². The van der Waals surface area contributed by atoms with Gasteiger partial charge in [-0.2, -0.15) is 0 Å². The van der Waals surface area contributed by atoms with E-state index in [2.05, 4.69) is 0 Å². The summed E-state index contributed by atoms with van der Waals surface area (Å²) in [5, 5.41) is 8.87. The van der Waals surface area contributed by atoms with Gasteiger partial charge in [0.25, 0.3) is 0 Å². The Labute approximate surface area is 172 Å². The van der Waals surface area contributed by atoms with Gasteiger partial charge in [-0.25, -0.2) is 0 Å². The first-order chi connectivity index (χ1) is 13.7. The van der Waals surface area contributed by atoms with Crippen LogP contribution >= 0.6 is 0 Å². The molecular weight excluding hydrogens is 370 g/mol. The van der Waals surface area contributed by atoms with Gasteiger partial charge in [0.2, 0.25) is 0 Å². The third kappa shape index (κ3) is 8.75. The molecule has 158 valence electrons. The predicted molar refractivity (Wildman–Crippen MR) is 111 cm³/mol. The molecule has 0 unspecified atom stereocenters. The lowest BCUT2D eigenvalue weighted by Gasteiger charge is -2.40. The number of benzene rings is 2. The van der Waals surface area contributed by atoms with Crippen molar-refractivity contribution in [1.82, 2.24) is 0 Å². The first kappa shape index (κ1) is 23.0. The van der Waals surface area contributed by atoms with Crippen LogP contribution in [-0.4, -0.2) is 29.3 Å². The molecule has 6 nitrogen and oxygen atoms in total. The molecule has 3 atom stereocenters. The fourth-order valence-corrected chi connectivity index (χ4v) is 3.00. The number of carboxylic acid groups (broad SMARTS) is 1. The summed E-state index contributed by atoms with van der Waals surface area (Å²) in [6, 6.07) is 20.0. The topological polar surface area (TPSA) is 91.0 Å². The molecule has 1 fully saturated rings. The molecule has 0 aromatic heterocycles. The SMILES string of the molecule is CC1(C)O[C@H](CC(=O)O)C[C@H](OCc2ccccc2)O1.C[C@H](N)c1ccccc1. The molecule has 29 heavy (non-hydrogen) atoms. The van der Waals surface area contributed by atoms with E-state index in [-0.39, 0.29) is 12.5 Å². The quantitative estimate of drug-likeness (QED) is 0.752. The maximum Gasteiger partial charge on any atom is 0.305 e. The number of ether oxygens (including phenoxy) is 3. The molecule has 3 N–H and O–H groups in total. The smallest absolute Gasteiger partial charge is 0.305 e. The Bertz CT molecular complexity index is 733. The Hall–Kier alpha value is -2.25. The van der Waals surface area contributed by atoms with Gasteiger partial charge < -0.3 is 25.1 Å². The van der Waals surface area contributed by atoms with Gasteiger partial charge in [0.15, 0.2) is 12.1 Å². The van der Waals surface area contributed by atoms with Gasteiger partial charge in [-0.3, -0.25) is 4.79 Å². The Kier molecular flexibility index (Phi) is 8.79. The van der Waals surface area contributed by atoms with Gasteiger partial charge >= 0.3 is 5.97 Å². The van der Waals surface area contributed by atoms with Gasteiger partial charge in [-0.15, -0.1) is 0 Å².